The van der Waals surface area contributed by atoms with Crippen molar-refractivity contribution in [2.45, 2.75) is 44.4 Å². The Labute approximate surface area is 249 Å². The van der Waals surface area contributed by atoms with Crippen LogP contribution < -0.4 is 19.5 Å². The van der Waals surface area contributed by atoms with Gasteiger partial charge in [0.05, 0.1) is 24.3 Å². The van der Waals surface area contributed by atoms with Gasteiger partial charge in [0.2, 0.25) is 16.0 Å². The Morgan fingerprint density at radius 2 is 1.83 bits per heavy atom. The average Bonchev–Trinajstić information content (AvgIpc) is 3.51. The molecule has 0 amide bonds. The second-order valence-corrected chi connectivity index (χ2v) is 12.0. The number of nitrogens with zero attached hydrogens (tertiary/aromatic N) is 3. The largest absolute Gasteiger partial charge is 0.496 e. The van der Waals surface area contributed by atoms with Crippen LogP contribution in [0.15, 0.2) is 75.5 Å². The van der Waals surface area contributed by atoms with Crippen molar-refractivity contribution in [3.63, 3.8) is 0 Å². The minimum atomic E-state index is -3.59. The number of nitrogens with one attached hydrogen (secondary N) is 2. The fraction of sp³-hybridized carbons (Fsp3) is 0.375. The molecule has 3 aromatic rings. The van der Waals surface area contributed by atoms with Crippen LogP contribution in [0.3, 0.4) is 0 Å². The highest BCUT2D eigenvalue weighted by atomic mass is 32.2. The van der Waals surface area contributed by atoms with Crippen LogP contribution in [0.4, 0.5) is 11.4 Å². The molecule has 0 saturated carbocycles. The van der Waals surface area contributed by atoms with E-state index in [2.05, 4.69) is 38.6 Å². The van der Waals surface area contributed by atoms with Gasteiger partial charge in [0, 0.05) is 30.4 Å². The van der Waals surface area contributed by atoms with Gasteiger partial charge < -0.3 is 19.7 Å². The van der Waals surface area contributed by atoms with Crippen LogP contribution in [0.1, 0.15) is 38.2 Å². The topological polar surface area (TPSA) is 105 Å². The van der Waals surface area contributed by atoms with E-state index in [1.165, 1.54) is 12.8 Å². The predicted molar refractivity (Wildman–Crippen MR) is 171 cm³/mol. The summed E-state index contributed by atoms with van der Waals surface area (Å²) in [5.41, 5.74) is 4.15. The summed E-state index contributed by atoms with van der Waals surface area (Å²) in [4.78, 5) is 11.2. The number of anilines is 1. The smallest absolute Gasteiger partial charge is 0.240 e. The molecule has 3 aromatic carbocycles. The van der Waals surface area contributed by atoms with E-state index in [1.807, 2.05) is 43.3 Å². The Morgan fingerprint density at radius 3 is 2.52 bits per heavy atom. The molecule has 42 heavy (non-hydrogen) atoms. The minimum absolute atomic E-state index is 0.204. The number of ether oxygens (including phenoxy) is 2. The first-order chi connectivity index (χ1) is 20.3. The van der Waals surface area contributed by atoms with Crippen molar-refractivity contribution >= 4 is 34.1 Å². The number of likely N-dealkylation sites (tertiary alicyclic amines) is 1. The molecule has 2 N–H and O–H groups in total. The van der Waals surface area contributed by atoms with E-state index in [1.54, 1.807) is 31.4 Å². The summed E-state index contributed by atoms with van der Waals surface area (Å²) in [7, 11) is -1.96. The Hall–Kier alpha value is -3.73. The highest BCUT2D eigenvalue weighted by Gasteiger charge is 2.16. The predicted octanol–water partition coefficient (Wildman–Crippen LogP) is 6.02. The van der Waals surface area contributed by atoms with E-state index in [0.717, 1.165) is 48.4 Å². The summed E-state index contributed by atoms with van der Waals surface area (Å²) in [5, 5.41) is 3.12. The molecule has 0 atom stereocenters. The van der Waals surface area contributed by atoms with Gasteiger partial charge in [-0.3, -0.25) is 0 Å². The van der Waals surface area contributed by atoms with Crippen LogP contribution in [0, 0.1) is 6.92 Å². The molecular weight excluding hydrogens is 550 g/mol. The lowest BCUT2D eigenvalue weighted by Crippen LogP contribution is -2.33. The summed E-state index contributed by atoms with van der Waals surface area (Å²) >= 11 is 0. The lowest BCUT2D eigenvalue weighted by atomic mass is 10.0. The number of hydrogen-bond acceptors (Lipinski definition) is 6. The molecule has 1 aliphatic rings. The quantitative estimate of drug-likeness (QED) is 0.143. The van der Waals surface area contributed by atoms with E-state index < -0.39 is 10.0 Å². The van der Waals surface area contributed by atoms with E-state index >= 15 is 0 Å². The molecule has 0 aliphatic carbocycles. The van der Waals surface area contributed by atoms with Crippen LogP contribution in [0.5, 0.6) is 11.5 Å². The number of aliphatic imine (C=N–C) groups is 2. The van der Waals surface area contributed by atoms with Crippen molar-refractivity contribution in [1.29, 1.82) is 0 Å². The van der Waals surface area contributed by atoms with Crippen molar-refractivity contribution in [1.82, 2.24) is 9.62 Å². The number of unbranched alkanes of at least 4 members (excludes halogenated alkanes) is 1. The van der Waals surface area contributed by atoms with E-state index in [9.17, 15) is 8.42 Å². The third-order valence-electron chi connectivity index (χ3n) is 7.15. The number of benzene rings is 3. The van der Waals surface area contributed by atoms with Crippen molar-refractivity contribution in [2.24, 2.45) is 9.98 Å². The second kappa shape index (κ2) is 14.9. The van der Waals surface area contributed by atoms with E-state index in [4.69, 9.17) is 9.47 Å². The lowest BCUT2D eigenvalue weighted by Gasteiger charge is -2.15. The maximum absolute atomic E-state index is 12.7. The number of hydrogen-bond donors (Lipinski definition) is 2. The monoisotopic (exact) mass is 591 g/mol. The second-order valence-electron chi connectivity index (χ2n) is 10.3. The molecule has 1 saturated heterocycles. The van der Waals surface area contributed by atoms with Crippen LogP contribution in [-0.4, -0.2) is 65.9 Å². The molecule has 9 nitrogen and oxygen atoms in total. The van der Waals surface area contributed by atoms with Crippen LogP contribution in [0.2, 0.25) is 0 Å². The van der Waals surface area contributed by atoms with Gasteiger partial charge in [-0.25, -0.2) is 23.1 Å². The van der Waals surface area contributed by atoms with Crippen molar-refractivity contribution in [3.8, 4) is 22.6 Å². The zero-order valence-electron chi connectivity index (χ0n) is 24.7. The summed E-state index contributed by atoms with van der Waals surface area (Å²) in [6.45, 7) is 11.6. The first kappa shape index (κ1) is 31.2. The summed E-state index contributed by atoms with van der Waals surface area (Å²) < 4.78 is 39.8. The molecular formula is C32H41N5O4S. The molecule has 224 valence electrons. The highest BCUT2D eigenvalue weighted by Crippen LogP contribution is 2.37. The number of sulfonamides is 1. The third-order valence-corrected chi connectivity index (χ3v) is 8.62. The zero-order chi connectivity index (χ0) is 30.0. The molecule has 0 radical (unpaired) electrons. The standard InChI is InChI=1S/C32H41N5O4S/c1-5-6-20-41-27-11-9-10-25(22-27)29-21-24(2)30(23-31(29)40-4)36-32(33-3)35-26-12-14-28(15-13-26)42(38,39)34-16-19-37-17-7-8-18-37/h9-15,21-23,34H,3,5-8,16-20H2,1-2,4H3,(H,35,36). The summed E-state index contributed by atoms with van der Waals surface area (Å²) in [5.74, 6) is 1.76. The van der Waals surface area contributed by atoms with Gasteiger partial charge in [0.1, 0.15) is 11.5 Å². The first-order valence-corrected chi connectivity index (χ1v) is 15.9. The fourth-order valence-electron chi connectivity index (χ4n) is 4.77. The molecule has 1 heterocycles. The van der Waals surface area contributed by atoms with Gasteiger partial charge >= 0.3 is 0 Å². The number of rotatable bonds is 13. The third kappa shape index (κ3) is 8.40. The molecule has 10 heteroatoms. The number of methoxy groups -OCH3 is 1. The molecule has 4 rings (SSSR count). The van der Waals surface area contributed by atoms with Crippen LogP contribution in [-0.2, 0) is 10.0 Å². The van der Waals surface area contributed by atoms with Gasteiger partial charge in [-0.1, -0.05) is 25.5 Å². The summed E-state index contributed by atoms with van der Waals surface area (Å²) in [6, 6.07) is 18.4. The normalized spacial score (nSPS) is 14.1. The Kier molecular flexibility index (Phi) is 11.1. The fourth-order valence-corrected chi connectivity index (χ4v) is 5.79. The zero-order valence-corrected chi connectivity index (χ0v) is 25.5. The Bertz CT molecular complexity index is 1480. The van der Waals surface area contributed by atoms with Gasteiger partial charge in [-0.05, 0) is 99.6 Å². The first-order valence-electron chi connectivity index (χ1n) is 14.4. The van der Waals surface area contributed by atoms with Gasteiger partial charge in [0.15, 0.2) is 0 Å². The number of aryl methyl sites for hydroxylation is 1. The van der Waals surface area contributed by atoms with E-state index in [-0.39, 0.29) is 10.9 Å². The number of guanidine groups is 1. The van der Waals surface area contributed by atoms with E-state index in [0.29, 0.717) is 36.8 Å². The SMILES string of the molecule is C=NC(=Nc1cc(OC)c(-c2cccc(OCCCC)c2)cc1C)Nc1ccc(S(=O)(=O)NCCN2CCCC2)cc1. The molecule has 0 unspecified atom stereocenters. The maximum Gasteiger partial charge on any atom is 0.240 e. The Balaban J connectivity index is 1.46. The molecule has 1 fully saturated rings. The summed E-state index contributed by atoms with van der Waals surface area (Å²) in [6.07, 6.45) is 4.43. The lowest BCUT2D eigenvalue weighted by molar-refractivity contribution is 0.309. The van der Waals surface area contributed by atoms with Gasteiger partial charge in [-0.2, -0.15) is 0 Å². The molecule has 0 aromatic heterocycles. The van der Waals surface area contributed by atoms with Crippen LogP contribution >= 0.6 is 0 Å². The minimum Gasteiger partial charge on any atom is -0.496 e. The average molecular weight is 592 g/mol. The molecule has 1 aliphatic heterocycles. The molecule has 0 spiro atoms. The Morgan fingerprint density at radius 1 is 1.07 bits per heavy atom. The van der Waals surface area contributed by atoms with Crippen molar-refractivity contribution in [3.05, 3.63) is 66.2 Å². The van der Waals surface area contributed by atoms with Crippen LogP contribution in [0.25, 0.3) is 11.1 Å². The van der Waals surface area contributed by atoms with Gasteiger partial charge in [-0.15, -0.1) is 0 Å². The van der Waals surface area contributed by atoms with Crippen molar-refractivity contribution in [2.75, 3.05) is 45.2 Å². The highest BCUT2D eigenvalue weighted by molar-refractivity contribution is 7.89. The van der Waals surface area contributed by atoms with Gasteiger partial charge in [0.25, 0.3) is 0 Å². The molecule has 0 bridgehead atoms. The maximum atomic E-state index is 12.7. The van der Waals surface area contributed by atoms with Crippen molar-refractivity contribution < 1.29 is 17.9 Å².